The van der Waals surface area contributed by atoms with Gasteiger partial charge in [-0.25, -0.2) is 5.43 Å². The van der Waals surface area contributed by atoms with Crippen molar-refractivity contribution in [3.63, 3.8) is 0 Å². The standard InChI is InChI=1S/C21H19BrF3N7O/c22-16-6-4-14(5-7-16)13-26-31-19-28-18(29-20(30-19)32-8-10-33-11-9-32)27-17-3-1-2-15(12-17)21(23,24)25/h1-7,12-13H,8-11H2,(H2,27,28,29,30,31). The second-order valence-corrected chi connectivity index (χ2v) is 7.92. The molecular formula is C21H19BrF3N7O. The Bertz CT molecular complexity index is 1120. The minimum atomic E-state index is -4.45. The molecule has 0 saturated carbocycles. The number of hydrogen-bond acceptors (Lipinski definition) is 8. The van der Waals surface area contributed by atoms with Crippen molar-refractivity contribution in [2.75, 3.05) is 41.9 Å². The first kappa shape index (κ1) is 22.9. The quantitative estimate of drug-likeness (QED) is 0.359. The molecule has 3 aromatic rings. The molecule has 0 aliphatic carbocycles. The average molecular weight is 522 g/mol. The molecule has 2 heterocycles. The lowest BCUT2D eigenvalue weighted by Gasteiger charge is -2.27. The molecule has 1 saturated heterocycles. The predicted molar refractivity (Wildman–Crippen MR) is 123 cm³/mol. The Morgan fingerprint density at radius 2 is 1.73 bits per heavy atom. The molecule has 0 bridgehead atoms. The molecule has 33 heavy (non-hydrogen) atoms. The van der Waals surface area contributed by atoms with Crippen molar-refractivity contribution < 1.29 is 17.9 Å². The number of hydrogen-bond donors (Lipinski definition) is 2. The van der Waals surface area contributed by atoms with Crippen molar-refractivity contribution in [2.24, 2.45) is 5.10 Å². The van der Waals surface area contributed by atoms with Crippen LogP contribution in [0.3, 0.4) is 0 Å². The first-order valence-electron chi connectivity index (χ1n) is 9.94. The summed E-state index contributed by atoms with van der Waals surface area (Å²) in [6.07, 6.45) is -2.85. The lowest BCUT2D eigenvalue weighted by Crippen LogP contribution is -2.37. The van der Waals surface area contributed by atoms with E-state index in [1.165, 1.54) is 12.1 Å². The number of aromatic nitrogens is 3. The summed E-state index contributed by atoms with van der Waals surface area (Å²) in [5.41, 5.74) is 3.05. The van der Waals surface area contributed by atoms with Crippen molar-refractivity contribution in [3.8, 4) is 0 Å². The average Bonchev–Trinajstić information content (AvgIpc) is 2.80. The Kier molecular flexibility index (Phi) is 7.04. The highest BCUT2D eigenvalue weighted by molar-refractivity contribution is 9.10. The monoisotopic (exact) mass is 521 g/mol. The van der Waals surface area contributed by atoms with Gasteiger partial charge in [-0.3, -0.25) is 0 Å². The van der Waals surface area contributed by atoms with Gasteiger partial charge in [0.1, 0.15) is 0 Å². The molecule has 0 atom stereocenters. The maximum Gasteiger partial charge on any atom is 0.416 e. The maximum absolute atomic E-state index is 13.1. The number of alkyl halides is 3. The van der Waals surface area contributed by atoms with Gasteiger partial charge >= 0.3 is 6.18 Å². The molecular weight excluding hydrogens is 503 g/mol. The van der Waals surface area contributed by atoms with E-state index in [1.807, 2.05) is 29.2 Å². The fourth-order valence-electron chi connectivity index (χ4n) is 2.99. The van der Waals surface area contributed by atoms with Gasteiger partial charge in [0, 0.05) is 23.2 Å². The minimum absolute atomic E-state index is 0.0900. The van der Waals surface area contributed by atoms with Crippen molar-refractivity contribution in [1.82, 2.24) is 15.0 Å². The molecule has 1 aliphatic heterocycles. The SMILES string of the molecule is FC(F)(F)c1cccc(Nc2nc(NN=Cc3ccc(Br)cc3)nc(N3CCOCC3)n2)c1. The number of rotatable bonds is 6. The van der Waals surface area contributed by atoms with E-state index < -0.39 is 11.7 Å². The van der Waals surface area contributed by atoms with Crippen molar-refractivity contribution in [1.29, 1.82) is 0 Å². The van der Waals surface area contributed by atoms with E-state index in [1.54, 1.807) is 6.21 Å². The van der Waals surface area contributed by atoms with Crippen LogP contribution in [0.25, 0.3) is 0 Å². The van der Waals surface area contributed by atoms with Crippen LogP contribution < -0.4 is 15.6 Å². The smallest absolute Gasteiger partial charge is 0.378 e. The van der Waals surface area contributed by atoms with Crippen LogP contribution in [0.4, 0.5) is 36.7 Å². The van der Waals surface area contributed by atoms with E-state index in [0.29, 0.717) is 32.3 Å². The molecule has 172 valence electrons. The van der Waals surface area contributed by atoms with Crippen LogP contribution in [-0.4, -0.2) is 47.5 Å². The summed E-state index contributed by atoms with van der Waals surface area (Å²) in [6, 6.07) is 12.3. The predicted octanol–water partition coefficient (Wildman–Crippen LogP) is 4.68. The summed E-state index contributed by atoms with van der Waals surface area (Å²) in [6.45, 7) is 2.20. The zero-order valence-corrected chi connectivity index (χ0v) is 18.8. The van der Waals surface area contributed by atoms with Crippen LogP contribution in [0.5, 0.6) is 0 Å². The summed E-state index contributed by atoms with van der Waals surface area (Å²) in [7, 11) is 0. The normalized spacial score (nSPS) is 14.5. The third-order valence-electron chi connectivity index (χ3n) is 4.61. The van der Waals surface area contributed by atoms with Crippen molar-refractivity contribution in [2.45, 2.75) is 6.18 Å². The number of morpholine rings is 1. The van der Waals surface area contributed by atoms with E-state index in [-0.39, 0.29) is 17.6 Å². The molecule has 8 nitrogen and oxygen atoms in total. The van der Waals surface area contributed by atoms with Gasteiger partial charge in [-0.1, -0.05) is 34.1 Å². The Morgan fingerprint density at radius 3 is 2.45 bits per heavy atom. The minimum Gasteiger partial charge on any atom is -0.378 e. The van der Waals surface area contributed by atoms with E-state index in [4.69, 9.17) is 4.74 Å². The van der Waals surface area contributed by atoms with E-state index in [0.717, 1.165) is 22.2 Å². The summed E-state index contributed by atoms with van der Waals surface area (Å²) in [4.78, 5) is 14.9. The van der Waals surface area contributed by atoms with Crippen LogP contribution in [0.2, 0.25) is 0 Å². The van der Waals surface area contributed by atoms with Gasteiger partial charge in [-0.2, -0.15) is 33.2 Å². The first-order valence-corrected chi connectivity index (χ1v) is 10.7. The lowest BCUT2D eigenvalue weighted by atomic mass is 10.2. The van der Waals surface area contributed by atoms with Crippen LogP contribution in [0, 0.1) is 0 Å². The number of benzene rings is 2. The molecule has 0 unspecified atom stereocenters. The second kappa shape index (κ2) is 10.1. The zero-order valence-electron chi connectivity index (χ0n) is 17.2. The molecule has 1 aromatic heterocycles. The summed E-state index contributed by atoms with van der Waals surface area (Å²) >= 11 is 3.38. The van der Waals surface area contributed by atoms with Crippen molar-refractivity contribution >= 4 is 45.7 Å². The summed E-state index contributed by atoms with van der Waals surface area (Å²) in [5.74, 6) is 0.602. The van der Waals surface area contributed by atoms with Crippen molar-refractivity contribution in [3.05, 3.63) is 64.1 Å². The van der Waals surface area contributed by atoms with Crippen LogP contribution >= 0.6 is 15.9 Å². The Hall–Kier alpha value is -3.25. The van der Waals surface area contributed by atoms with Crippen LogP contribution in [-0.2, 0) is 10.9 Å². The van der Waals surface area contributed by atoms with E-state index in [2.05, 4.69) is 46.7 Å². The topological polar surface area (TPSA) is 87.6 Å². The molecule has 0 spiro atoms. The van der Waals surface area contributed by atoms with Gasteiger partial charge in [0.05, 0.1) is 25.0 Å². The summed E-state index contributed by atoms with van der Waals surface area (Å²) in [5, 5.41) is 6.99. The fraction of sp³-hybridized carbons (Fsp3) is 0.238. The number of hydrazone groups is 1. The molecule has 1 aliphatic rings. The Labute approximate surface area is 196 Å². The Morgan fingerprint density at radius 1 is 1.00 bits per heavy atom. The van der Waals surface area contributed by atoms with Crippen LogP contribution in [0.15, 0.2) is 58.1 Å². The molecule has 2 N–H and O–H groups in total. The molecule has 4 rings (SSSR count). The highest BCUT2D eigenvalue weighted by Gasteiger charge is 2.30. The number of ether oxygens (including phenoxy) is 1. The number of nitrogens with one attached hydrogen (secondary N) is 2. The molecule has 12 heteroatoms. The Balaban J connectivity index is 1.58. The van der Waals surface area contributed by atoms with Gasteiger partial charge < -0.3 is 15.0 Å². The highest BCUT2D eigenvalue weighted by atomic mass is 79.9. The van der Waals surface area contributed by atoms with Gasteiger partial charge in [0.2, 0.25) is 17.8 Å². The molecule has 2 aromatic carbocycles. The molecule has 1 fully saturated rings. The van der Waals surface area contributed by atoms with Gasteiger partial charge in [-0.05, 0) is 35.9 Å². The van der Waals surface area contributed by atoms with Gasteiger partial charge in [-0.15, -0.1) is 0 Å². The van der Waals surface area contributed by atoms with Gasteiger partial charge in [0.25, 0.3) is 0 Å². The maximum atomic E-state index is 13.1. The highest BCUT2D eigenvalue weighted by Crippen LogP contribution is 2.31. The zero-order chi connectivity index (χ0) is 23.3. The lowest BCUT2D eigenvalue weighted by molar-refractivity contribution is -0.137. The second-order valence-electron chi connectivity index (χ2n) is 7.01. The number of nitrogens with zero attached hydrogens (tertiary/aromatic N) is 5. The van der Waals surface area contributed by atoms with Crippen LogP contribution in [0.1, 0.15) is 11.1 Å². The fourth-order valence-corrected chi connectivity index (χ4v) is 3.26. The number of halogens is 4. The molecule has 0 amide bonds. The number of anilines is 4. The largest absolute Gasteiger partial charge is 0.416 e. The third kappa shape index (κ3) is 6.39. The van der Waals surface area contributed by atoms with E-state index >= 15 is 0 Å². The summed E-state index contributed by atoms with van der Waals surface area (Å²) < 4.78 is 45.5. The third-order valence-corrected chi connectivity index (χ3v) is 5.14. The first-order chi connectivity index (χ1) is 15.9. The van der Waals surface area contributed by atoms with E-state index in [9.17, 15) is 13.2 Å². The molecule has 0 radical (unpaired) electrons. The van der Waals surface area contributed by atoms with Gasteiger partial charge in [0.15, 0.2) is 0 Å².